The fourth-order valence-electron chi connectivity index (χ4n) is 2.44. The number of aliphatic hydroxyl groups excluding tert-OH is 1. The van der Waals surface area contributed by atoms with Crippen LogP contribution in [-0.2, 0) is 6.54 Å². The first kappa shape index (κ1) is 13.9. The molecule has 1 aromatic rings. The van der Waals surface area contributed by atoms with Crippen LogP contribution in [0.25, 0.3) is 0 Å². The van der Waals surface area contributed by atoms with E-state index in [-0.39, 0.29) is 11.7 Å². The van der Waals surface area contributed by atoms with E-state index >= 15 is 0 Å². The van der Waals surface area contributed by atoms with Crippen LogP contribution in [0.5, 0.6) is 0 Å². The smallest absolute Gasteiger partial charge is 0.272 e. The van der Waals surface area contributed by atoms with Crippen molar-refractivity contribution in [3.63, 3.8) is 0 Å². The van der Waals surface area contributed by atoms with E-state index in [2.05, 4.69) is 5.32 Å². The zero-order valence-corrected chi connectivity index (χ0v) is 10.5. The Kier molecular flexibility index (Phi) is 4.44. The molecule has 1 fully saturated rings. The zero-order chi connectivity index (χ0) is 13.8. The van der Waals surface area contributed by atoms with Crippen molar-refractivity contribution in [2.75, 3.05) is 0 Å². The fourth-order valence-corrected chi connectivity index (χ4v) is 2.44. The Morgan fingerprint density at radius 2 is 2.11 bits per heavy atom. The number of rotatable bonds is 4. The number of halogens is 1. The molecule has 0 bridgehead atoms. The summed E-state index contributed by atoms with van der Waals surface area (Å²) in [6.07, 6.45) is 3.32. The maximum Gasteiger partial charge on any atom is 0.272 e. The van der Waals surface area contributed by atoms with Gasteiger partial charge in [0.25, 0.3) is 5.69 Å². The van der Waals surface area contributed by atoms with E-state index in [1.54, 1.807) is 0 Å². The number of nitrogens with one attached hydrogen (secondary N) is 1. The summed E-state index contributed by atoms with van der Waals surface area (Å²) >= 11 is 0. The van der Waals surface area contributed by atoms with E-state index in [1.165, 1.54) is 12.1 Å². The molecule has 0 radical (unpaired) electrons. The van der Waals surface area contributed by atoms with Crippen LogP contribution >= 0.6 is 0 Å². The first-order valence-corrected chi connectivity index (χ1v) is 6.41. The summed E-state index contributed by atoms with van der Waals surface area (Å²) in [5.41, 5.74) is 0.269. The molecular weight excluding hydrogens is 251 g/mol. The lowest BCUT2D eigenvalue weighted by Crippen LogP contribution is -2.41. The van der Waals surface area contributed by atoms with Crippen LogP contribution in [0.3, 0.4) is 0 Å². The molecule has 1 saturated carbocycles. The van der Waals surface area contributed by atoms with E-state index in [0.29, 0.717) is 12.1 Å². The van der Waals surface area contributed by atoms with Crippen LogP contribution in [0.4, 0.5) is 10.1 Å². The number of hydrogen-bond acceptors (Lipinski definition) is 4. The standard InChI is InChI=1S/C13H17FN2O3/c14-10-5-9(6-11(7-10)16(18)19)8-15-12-3-1-2-4-13(12)17/h5-7,12-13,15,17H,1-4,8H2. The average Bonchev–Trinajstić information content (AvgIpc) is 2.37. The van der Waals surface area contributed by atoms with Crippen LogP contribution in [0, 0.1) is 15.9 Å². The van der Waals surface area contributed by atoms with Crippen LogP contribution in [0.15, 0.2) is 18.2 Å². The third-order valence-electron chi connectivity index (χ3n) is 3.45. The second-order valence-electron chi connectivity index (χ2n) is 4.91. The molecular formula is C13H17FN2O3. The second kappa shape index (κ2) is 6.08. The molecule has 6 heteroatoms. The third kappa shape index (κ3) is 3.71. The Morgan fingerprint density at radius 3 is 2.79 bits per heavy atom. The summed E-state index contributed by atoms with van der Waals surface area (Å²) in [5.74, 6) is -0.616. The molecule has 1 aliphatic rings. The quantitative estimate of drug-likeness (QED) is 0.648. The summed E-state index contributed by atoms with van der Waals surface area (Å²) in [4.78, 5) is 10.0. The summed E-state index contributed by atoms with van der Waals surface area (Å²) in [6, 6.07) is 3.51. The van der Waals surface area contributed by atoms with Gasteiger partial charge in [-0.2, -0.15) is 0 Å². The molecule has 5 nitrogen and oxygen atoms in total. The minimum atomic E-state index is -0.616. The van der Waals surface area contributed by atoms with E-state index < -0.39 is 16.8 Å². The van der Waals surface area contributed by atoms with Crippen molar-refractivity contribution < 1.29 is 14.4 Å². The van der Waals surface area contributed by atoms with Gasteiger partial charge in [-0.15, -0.1) is 0 Å². The van der Waals surface area contributed by atoms with E-state index in [1.807, 2.05) is 0 Å². The summed E-state index contributed by atoms with van der Waals surface area (Å²) in [5, 5.41) is 23.6. The molecule has 0 heterocycles. The maximum atomic E-state index is 13.2. The molecule has 19 heavy (non-hydrogen) atoms. The number of nitro benzene ring substituents is 1. The summed E-state index contributed by atoms with van der Waals surface area (Å²) < 4.78 is 13.2. The van der Waals surface area contributed by atoms with Gasteiger partial charge >= 0.3 is 0 Å². The Labute approximate surface area is 110 Å². The van der Waals surface area contributed by atoms with Gasteiger partial charge in [-0.3, -0.25) is 10.1 Å². The molecule has 2 atom stereocenters. The monoisotopic (exact) mass is 268 g/mol. The van der Waals surface area contributed by atoms with E-state index in [9.17, 15) is 19.6 Å². The molecule has 0 aliphatic heterocycles. The third-order valence-corrected chi connectivity index (χ3v) is 3.45. The van der Waals surface area contributed by atoms with Crippen LogP contribution < -0.4 is 5.32 Å². The number of benzene rings is 1. The number of aliphatic hydroxyl groups is 1. The Hall–Kier alpha value is -1.53. The van der Waals surface area contributed by atoms with Crippen molar-refractivity contribution in [2.45, 2.75) is 44.4 Å². The highest BCUT2D eigenvalue weighted by Crippen LogP contribution is 2.20. The predicted octanol–water partition coefficient (Wildman–Crippen LogP) is 2.13. The molecule has 1 aromatic carbocycles. The first-order chi connectivity index (χ1) is 9.06. The van der Waals surface area contributed by atoms with E-state index in [0.717, 1.165) is 31.7 Å². The average molecular weight is 268 g/mol. The molecule has 0 spiro atoms. The Morgan fingerprint density at radius 1 is 1.37 bits per heavy atom. The second-order valence-corrected chi connectivity index (χ2v) is 4.91. The van der Waals surface area contributed by atoms with Crippen molar-refractivity contribution >= 4 is 5.69 Å². The molecule has 0 amide bonds. The van der Waals surface area contributed by atoms with Gasteiger partial charge < -0.3 is 10.4 Å². The summed E-state index contributed by atoms with van der Waals surface area (Å²) in [6.45, 7) is 0.320. The Balaban J connectivity index is 2.00. The molecule has 2 N–H and O–H groups in total. The highest BCUT2D eigenvalue weighted by Gasteiger charge is 2.22. The maximum absolute atomic E-state index is 13.2. The molecule has 2 unspecified atom stereocenters. The highest BCUT2D eigenvalue weighted by atomic mass is 19.1. The lowest BCUT2D eigenvalue weighted by atomic mass is 9.92. The SMILES string of the molecule is O=[N+]([O-])c1cc(F)cc(CNC2CCCCC2O)c1. The normalized spacial score (nSPS) is 23.3. The van der Waals surface area contributed by atoms with Gasteiger partial charge in [0.1, 0.15) is 5.82 Å². The van der Waals surface area contributed by atoms with Gasteiger partial charge in [0.2, 0.25) is 0 Å². The lowest BCUT2D eigenvalue weighted by Gasteiger charge is -2.28. The Bertz CT molecular complexity index is 467. The lowest BCUT2D eigenvalue weighted by molar-refractivity contribution is -0.385. The molecule has 0 aromatic heterocycles. The first-order valence-electron chi connectivity index (χ1n) is 6.41. The van der Waals surface area contributed by atoms with Crippen molar-refractivity contribution in [1.29, 1.82) is 0 Å². The minimum absolute atomic E-state index is 0.0175. The largest absolute Gasteiger partial charge is 0.392 e. The molecule has 104 valence electrons. The molecule has 0 saturated heterocycles. The predicted molar refractivity (Wildman–Crippen MR) is 68.2 cm³/mol. The van der Waals surface area contributed by atoms with Gasteiger partial charge in [-0.25, -0.2) is 4.39 Å². The highest BCUT2D eigenvalue weighted by molar-refractivity contribution is 5.35. The van der Waals surface area contributed by atoms with Gasteiger partial charge in [0, 0.05) is 18.7 Å². The van der Waals surface area contributed by atoms with Crippen LogP contribution in [0.2, 0.25) is 0 Å². The van der Waals surface area contributed by atoms with Crippen LogP contribution in [0.1, 0.15) is 31.2 Å². The zero-order valence-electron chi connectivity index (χ0n) is 10.5. The van der Waals surface area contributed by atoms with Crippen molar-refractivity contribution in [2.24, 2.45) is 0 Å². The minimum Gasteiger partial charge on any atom is -0.392 e. The van der Waals surface area contributed by atoms with Gasteiger partial charge in [-0.05, 0) is 24.5 Å². The number of nitro groups is 1. The van der Waals surface area contributed by atoms with Crippen LogP contribution in [-0.4, -0.2) is 22.2 Å². The topological polar surface area (TPSA) is 75.4 Å². The fraction of sp³-hybridized carbons (Fsp3) is 0.538. The van der Waals surface area contributed by atoms with Gasteiger partial charge in [0.15, 0.2) is 0 Å². The summed E-state index contributed by atoms with van der Waals surface area (Å²) in [7, 11) is 0. The van der Waals surface area contributed by atoms with Crippen molar-refractivity contribution in [3.8, 4) is 0 Å². The molecule has 1 aliphatic carbocycles. The van der Waals surface area contributed by atoms with Crippen molar-refractivity contribution in [3.05, 3.63) is 39.7 Å². The van der Waals surface area contributed by atoms with E-state index in [4.69, 9.17) is 0 Å². The van der Waals surface area contributed by atoms with Crippen molar-refractivity contribution in [1.82, 2.24) is 5.32 Å². The number of non-ortho nitro benzene ring substituents is 1. The molecule has 2 rings (SSSR count). The van der Waals surface area contributed by atoms with Gasteiger partial charge in [0.05, 0.1) is 17.1 Å². The number of nitrogens with zero attached hydrogens (tertiary/aromatic N) is 1. The van der Waals surface area contributed by atoms with Gasteiger partial charge in [-0.1, -0.05) is 12.8 Å². The number of hydrogen-bond donors (Lipinski definition) is 2.